The SMILES string of the molecule is O=[N+]([O-])c1c(Br)ccnc1OC(F)F. The van der Waals surface area contributed by atoms with Crippen LogP contribution in [0, 0.1) is 10.1 Å². The molecule has 0 saturated carbocycles. The molecule has 0 aliphatic rings. The maximum atomic E-state index is 11.8. The van der Waals surface area contributed by atoms with E-state index in [0.717, 1.165) is 6.20 Å². The van der Waals surface area contributed by atoms with Gasteiger partial charge >= 0.3 is 12.3 Å². The van der Waals surface area contributed by atoms with Crippen LogP contribution in [0.4, 0.5) is 14.5 Å². The number of ether oxygens (including phenoxy) is 1. The first kappa shape index (κ1) is 10.8. The number of rotatable bonds is 3. The molecular weight excluding hydrogens is 266 g/mol. The van der Waals surface area contributed by atoms with Gasteiger partial charge < -0.3 is 4.74 Å². The average Bonchev–Trinajstić information content (AvgIpc) is 2.01. The van der Waals surface area contributed by atoms with Crippen molar-refractivity contribution >= 4 is 21.6 Å². The Hall–Kier alpha value is -1.31. The van der Waals surface area contributed by atoms with Crippen molar-refractivity contribution in [3.63, 3.8) is 0 Å². The molecule has 76 valence electrons. The van der Waals surface area contributed by atoms with Gasteiger partial charge in [-0.05, 0) is 22.0 Å². The fourth-order valence-corrected chi connectivity index (χ4v) is 1.18. The van der Waals surface area contributed by atoms with Crippen molar-refractivity contribution in [2.45, 2.75) is 6.61 Å². The summed E-state index contributed by atoms with van der Waals surface area (Å²) in [6, 6.07) is 1.26. The van der Waals surface area contributed by atoms with Gasteiger partial charge in [-0.3, -0.25) is 10.1 Å². The van der Waals surface area contributed by atoms with E-state index in [1.54, 1.807) is 0 Å². The topological polar surface area (TPSA) is 65.3 Å². The number of halogens is 3. The highest BCUT2D eigenvalue weighted by molar-refractivity contribution is 9.10. The predicted octanol–water partition coefficient (Wildman–Crippen LogP) is 2.35. The zero-order valence-corrected chi connectivity index (χ0v) is 8.07. The number of aromatic nitrogens is 1. The van der Waals surface area contributed by atoms with Crippen LogP contribution in [0.25, 0.3) is 0 Å². The van der Waals surface area contributed by atoms with E-state index in [9.17, 15) is 18.9 Å². The third-order valence-electron chi connectivity index (χ3n) is 1.22. The number of alkyl halides is 2. The van der Waals surface area contributed by atoms with Crippen molar-refractivity contribution in [1.82, 2.24) is 4.98 Å². The third kappa shape index (κ3) is 2.34. The molecule has 0 atom stereocenters. The molecule has 1 rings (SSSR count). The summed E-state index contributed by atoms with van der Waals surface area (Å²) in [5.74, 6) is -0.709. The molecule has 0 fully saturated rings. The largest absolute Gasteiger partial charge is 0.411 e. The van der Waals surface area contributed by atoms with E-state index in [0.29, 0.717) is 0 Å². The van der Waals surface area contributed by atoms with E-state index in [4.69, 9.17) is 0 Å². The van der Waals surface area contributed by atoms with Gasteiger partial charge in [0.2, 0.25) is 0 Å². The zero-order chi connectivity index (χ0) is 10.7. The molecule has 0 bridgehead atoms. The highest BCUT2D eigenvalue weighted by Crippen LogP contribution is 2.32. The normalized spacial score (nSPS) is 10.3. The minimum atomic E-state index is -3.14. The maximum absolute atomic E-state index is 11.8. The van der Waals surface area contributed by atoms with E-state index in [-0.39, 0.29) is 4.47 Å². The molecule has 0 spiro atoms. The van der Waals surface area contributed by atoms with Crippen LogP contribution in [0.3, 0.4) is 0 Å². The van der Waals surface area contributed by atoms with Crippen molar-refractivity contribution in [1.29, 1.82) is 0 Å². The van der Waals surface area contributed by atoms with Gasteiger partial charge in [0, 0.05) is 6.20 Å². The molecule has 0 aliphatic carbocycles. The van der Waals surface area contributed by atoms with Crippen LogP contribution >= 0.6 is 15.9 Å². The van der Waals surface area contributed by atoms with Gasteiger partial charge in [0.25, 0.3) is 5.88 Å². The van der Waals surface area contributed by atoms with Gasteiger partial charge in [0.05, 0.1) is 4.92 Å². The Balaban J connectivity index is 3.14. The number of hydrogen-bond donors (Lipinski definition) is 0. The van der Waals surface area contributed by atoms with Gasteiger partial charge in [-0.1, -0.05) is 0 Å². The molecule has 5 nitrogen and oxygen atoms in total. The van der Waals surface area contributed by atoms with Crippen LogP contribution in [-0.4, -0.2) is 16.5 Å². The Morgan fingerprint density at radius 3 is 2.79 bits per heavy atom. The van der Waals surface area contributed by atoms with Crippen molar-refractivity contribution in [3.05, 3.63) is 26.9 Å². The quantitative estimate of drug-likeness (QED) is 0.624. The second kappa shape index (κ2) is 4.27. The molecule has 14 heavy (non-hydrogen) atoms. The first-order valence-corrected chi connectivity index (χ1v) is 4.05. The van der Waals surface area contributed by atoms with Crippen molar-refractivity contribution in [2.24, 2.45) is 0 Å². The molecule has 0 amide bonds. The first-order valence-electron chi connectivity index (χ1n) is 3.26. The van der Waals surface area contributed by atoms with Crippen LogP contribution < -0.4 is 4.74 Å². The van der Waals surface area contributed by atoms with Crippen LogP contribution in [0.5, 0.6) is 5.88 Å². The Bertz CT molecular complexity index is 361. The zero-order valence-electron chi connectivity index (χ0n) is 6.49. The lowest BCUT2D eigenvalue weighted by Gasteiger charge is -2.03. The Morgan fingerprint density at radius 1 is 1.64 bits per heavy atom. The lowest BCUT2D eigenvalue weighted by atomic mass is 10.4. The number of hydrogen-bond acceptors (Lipinski definition) is 4. The summed E-state index contributed by atoms with van der Waals surface area (Å²) in [7, 11) is 0. The minimum absolute atomic E-state index is 0.0353. The van der Waals surface area contributed by atoms with Gasteiger partial charge in [-0.15, -0.1) is 0 Å². The van der Waals surface area contributed by atoms with Crippen LogP contribution in [-0.2, 0) is 0 Å². The summed E-state index contributed by atoms with van der Waals surface area (Å²) in [4.78, 5) is 12.9. The van der Waals surface area contributed by atoms with Crippen molar-refractivity contribution in [3.8, 4) is 5.88 Å². The smallest absolute Gasteiger partial charge is 0.388 e. The number of nitrogens with zero attached hydrogens (tertiary/aromatic N) is 2. The second-order valence-electron chi connectivity index (χ2n) is 2.08. The van der Waals surface area contributed by atoms with E-state index >= 15 is 0 Å². The summed E-state index contributed by atoms with van der Waals surface area (Å²) >= 11 is 2.83. The molecule has 1 aromatic heterocycles. The van der Waals surface area contributed by atoms with Crippen LogP contribution in [0.2, 0.25) is 0 Å². The summed E-state index contributed by atoms with van der Waals surface area (Å²) < 4.78 is 27.5. The van der Waals surface area contributed by atoms with Gasteiger partial charge in [-0.2, -0.15) is 8.78 Å². The first-order chi connectivity index (χ1) is 6.52. The molecule has 1 heterocycles. The number of pyridine rings is 1. The lowest BCUT2D eigenvalue weighted by molar-refractivity contribution is -0.387. The summed E-state index contributed by atoms with van der Waals surface area (Å²) in [6.45, 7) is -3.14. The Labute approximate surface area is 85.0 Å². The standard InChI is InChI=1S/C6H3BrF2N2O3/c7-3-1-2-10-5(14-6(8)9)4(3)11(12)13/h1-2,6H. The number of nitro groups is 1. The van der Waals surface area contributed by atoms with Gasteiger partial charge in [0.15, 0.2) is 0 Å². The van der Waals surface area contributed by atoms with Crippen LogP contribution in [0.1, 0.15) is 0 Å². The van der Waals surface area contributed by atoms with E-state index in [1.807, 2.05) is 0 Å². The van der Waals surface area contributed by atoms with Gasteiger partial charge in [0.1, 0.15) is 4.47 Å². The fourth-order valence-electron chi connectivity index (χ4n) is 0.749. The summed E-state index contributed by atoms with van der Waals surface area (Å²) in [6.07, 6.45) is 1.12. The fraction of sp³-hybridized carbons (Fsp3) is 0.167. The molecule has 0 aromatic carbocycles. The highest BCUT2D eigenvalue weighted by atomic mass is 79.9. The molecular formula is C6H3BrF2N2O3. The second-order valence-corrected chi connectivity index (χ2v) is 2.94. The van der Waals surface area contributed by atoms with E-state index in [2.05, 4.69) is 25.7 Å². The Morgan fingerprint density at radius 2 is 2.29 bits per heavy atom. The van der Waals surface area contributed by atoms with E-state index in [1.165, 1.54) is 6.07 Å². The molecule has 0 radical (unpaired) electrons. The minimum Gasteiger partial charge on any atom is -0.411 e. The molecule has 0 saturated heterocycles. The van der Waals surface area contributed by atoms with Crippen molar-refractivity contribution < 1.29 is 18.4 Å². The average molecular weight is 269 g/mol. The monoisotopic (exact) mass is 268 g/mol. The molecule has 1 aromatic rings. The van der Waals surface area contributed by atoms with Crippen LogP contribution in [0.15, 0.2) is 16.7 Å². The molecule has 8 heteroatoms. The summed E-state index contributed by atoms with van der Waals surface area (Å²) in [5, 5.41) is 10.4. The molecule has 0 aliphatic heterocycles. The molecule has 0 unspecified atom stereocenters. The lowest BCUT2D eigenvalue weighted by Crippen LogP contribution is -2.06. The predicted molar refractivity (Wildman–Crippen MR) is 45.2 cm³/mol. The molecule has 0 N–H and O–H groups in total. The van der Waals surface area contributed by atoms with Gasteiger partial charge in [-0.25, -0.2) is 4.98 Å². The van der Waals surface area contributed by atoms with E-state index < -0.39 is 23.1 Å². The highest BCUT2D eigenvalue weighted by Gasteiger charge is 2.23. The third-order valence-corrected chi connectivity index (χ3v) is 1.86. The Kier molecular flexibility index (Phi) is 3.28. The maximum Gasteiger partial charge on any atom is 0.388 e. The summed E-state index contributed by atoms with van der Waals surface area (Å²) in [5.41, 5.74) is -0.618. The van der Waals surface area contributed by atoms with Crippen molar-refractivity contribution in [2.75, 3.05) is 0 Å².